The Kier molecular flexibility index (Phi) is 5.17. The highest BCUT2D eigenvalue weighted by molar-refractivity contribution is 5.93. The van der Waals surface area contributed by atoms with E-state index in [1.54, 1.807) is 6.20 Å². The second kappa shape index (κ2) is 6.89. The number of rotatable bonds is 5. The Bertz CT molecular complexity index is 481. The zero-order chi connectivity index (χ0) is 15.3. The second-order valence-corrected chi connectivity index (χ2v) is 6.26. The molecule has 1 aliphatic heterocycles. The van der Waals surface area contributed by atoms with E-state index in [4.69, 9.17) is 0 Å². The third kappa shape index (κ3) is 4.43. The molecule has 1 fully saturated rings. The van der Waals surface area contributed by atoms with E-state index in [-0.39, 0.29) is 5.91 Å². The van der Waals surface area contributed by atoms with E-state index in [0.717, 1.165) is 25.3 Å². The summed E-state index contributed by atoms with van der Waals surface area (Å²) < 4.78 is 0. The van der Waals surface area contributed by atoms with E-state index in [1.165, 1.54) is 12.8 Å². The average molecular weight is 290 g/mol. The third-order valence-corrected chi connectivity index (χ3v) is 4.24. The molecular weight excluding hydrogens is 264 g/mol. The van der Waals surface area contributed by atoms with Crippen LogP contribution in [-0.4, -0.2) is 49.0 Å². The topological polar surface area (TPSA) is 57.3 Å². The van der Waals surface area contributed by atoms with Crippen molar-refractivity contribution in [1.29, 1.82) is 0 Å². The van der Waals surface area contributed by atoms with Gasteiger partial charge in [-0.1, -0.05) is 6.92 Å². The van der Waals surface area contributed by atoms with Gasteiger partial charge in [-0.15, -0.1) is 0 Å². The van der Waals surface area contributed by atoms with Crippen molar-refractivity contribution in [2.75, 3.05) is 38.5 Å². The minimum atomic E-state index is -0.119. The standard InChI is InChI=1S/C16H26N4O/c1-4-17-15(21)14-11-13(5-8-18-14)19-12-16(2)6-9-20(3)10-7-16/h5,8,11H,4,6-7,9-10,12H2,1-3H3,(H,17,21)(H,18,19). The van der Waals surface area contributed by atoms with Crippen LogP contribution in [0.4, 0.5) is 5.69 Å². The lowest BCUT2D eigenvalue weighted by Crippen LogP contribution is -2.40. The molecule has 5 heteroatoms. The molecule has 0 saturated carbocycles. The second-order valence-electron chi connectivity index (χ2n) is 6.26. The van der Waals surface area contributed by atoms with Crippen LogP contribution in [0.15, 0.2) is 18.3 Å². The summed E-state index contributed by atoms with van der Waals surface area (Å²) in [6, 6.07) is 3.74. The summed E-state index contributed by atoms with van der Waals surface area (Å²) in [4.78, 5) is 18.3. The van der Waals surface area contributed by atoms with Crippen LogP contribution in [0.25, 0.3) is 0 Å². The van der Waals surface area contributed by atoms with Crippen molar-refractivity contribution in [3.05, 3.63) is 24.0 Å². The molecule has 21 heavy (non-hydrogen) atoms. The molecule has 1 aliphatic rings. The van der Waals surface area contributed by atoms with Crippen molar-refractivity contribution in [3.63, 3.8) is 0 Å². The molecular formula is C16H26N4O. The molecule has 0 aliphatic carbocycles. The number of anilines is 1. The van der Waals surface area contributed by atoms with E-state index in [9.17, 15) is 4.79 Å². The van der Waals surface area contributed by atoms with Crippen molar-refractivity contribution in [2.45, 2.75) is 26.7 Å². The lowest BCUT2D eigenvalue weighted by atomic mass is 9.80. The van der Waals surface area contributed by atoms with Crippen molar-refractivity contribution in [1.82, 2.24) is 15.2 Å². The molecule has 2 heterocycles. The fourth-order valence-electron chi connectivity index (χ4n) is 2.57. The summed E-state index contributed by atoms with van der Waals surface area (Å²) in [5.74, 6) is -0.119. The SMILES string of the molecule is CCNC(=O)c1cc(NCC2(C)CCN(C)CC2)ccn1. The number of carbonyl (C=O) groups excluding carboxylic acids is 1. The Morgan fingerprint density at radius 1 is 1.43 bits per heavy atom. The lowest BCUT2D eigenvalue weighted by molar-refractivity contribution is 0.0951. The smallest absolute Gasteiger partial charge is 0.269 e. The third-order valence-electron chi connectivity index (χ3n) is 4.24. The highest BCUT2D eigenvalue weighted by Crippen LogP contribution is 2.30. The maximum absolute atomic E-state index is 11.8. The Morgan fingerprint density at radius 3 is 2.81 bits per heavy atom. The molecule has 0 aromatic carbocycles. The van der Waals surface area contributed by atoms with Crippen LogP contribution >= 0.6 is 0 Å². The molecule has 1 amide bonds. The number of carbonyl (C=O) groups is 1. The van der Waals surface area contributed by atoms with Crippen molar-refractivity contribution in [3.8, 4) is 0 Å². The number of nitrogens with zero attached hydrogens (tertiary/aromatic N) is 2. The number of amides is 1. The summed E-state index contributed by atoms with van der Waals surface area (Å²) in [6.07, 6.45) is 4.08. The molecule has 0 spiro atoms. The fraction of sp³-hybridized carbons (Fsp3) is 0.625. The first-order valence-corrected chi connectivity index (χ1v) is 7.69. The Morgan fingerprint density at radius 2 is 2.14 bits per heavy atom. The number of likely N-dealkylation sites (tertiary alicyclic amines) is 1. The molecule has 0 unspecified atom stereocenters. The van der Waals surface area contributed by atoms with Gasteiger partial charge in [0, 0.05) is 25.0 Å². The lowest BCUT2D eigenvalue weighted by Gasteiger charge is -2.38. The molecule has 5 nitrogen and oxygen atoms in total. The van der Waals surface area contributed by atoms with Crippen LogP contribution in [0, 0.1) is 5.41 Å². The Labute approximate surface area is 127 Å². The fourth-order valence-corrected chi connectivity index (χ4v) is 2.57. The number of aromatic nitrogens is 1. The monoisotopic (exact) mass is 290 g/mol. The van der Waals surface area contributed by atoms with Crippen LogP contribution in [0.5, 0.6) is 0 Å². The molecule has 1 saturated heterocycles. The van der Waals surface area contributed by atoms with Gasteiger partial charge in [0.25, 0.3) is 5.91 Å². The van der Waals surface area contributed by atoms with Crippen molar-refractivity contribution >= 4 is 11.6 Å². The minimum Gasteiger partial charge on any atom is -0.384 e. The van der Waals surface area contributed by atoms with Gasteiger partial charge in [0.15, 0.2) is 0 Å². The first-order valence-electron chi connectivity index (χ1n) is 7.69. The quantitative estimate of drug-likeness (QED) is 0.870. The van der Waals surface area contributed by atoms with Crippen LogP contribution in [0.3, 0.4) is 0 Å². The number of pyridine rings is 1. The summed E-state index contributed by atoms with van der Waals surface area (Å²) in [7, 11) is 2.18. The highest BCUT2D eigenvalue weighted by Gasteiger charge is 2.28. The van der Waals surface area contributed by atoms with Gasteiger partial charge in [-0.2, -0.15) is 0 Å². The zero-order valence-corrected chi connectivity index (χ0v) is 13.3. The molecule has 1 aromatic heterocycles. The predicted molar refractivity (Wildman–Crippen MR) is 85.6 cm³/mol. The molecule has 1 aromatic rings. The van der Waals surface area contributed by atoms with E-state index >= 15 is 0 Å². The van der Waals surface area contributed by atoms with Gasteiger partial charge in [-0.25, -0.2) is 0 Å². The van der Waals surface area contributed by atoms with Gasteiger partial charge in [0.05, 0.1) is 0 Å². The van der Waals surface area contributed by atoms with Crippen LogP contribution in [0.1, 0.15) is 37.2 Å². The first kappa shape index (κ1) is 15.8. The molecule has 2 rings (SSSR count). The zero-order valence-electron chi connectivity index (χ0n) is 13.3. The summed E-state index contributed by atoms with van der Waals surface area (Å²) in [6.45, 7) is 8.08. The van der Waals surface area contributed by atoms with Gasteiger partial charge in [0.1, 0.15) is 5.69 Å². The maximum atomic E-state index is 11.8. The minimum absolute atomic E-state index is 0.119. The van der Waals surface area contributed by atoms with E-state index < -0.39 is 0 Å². The van der Waals surface area contributed by atoms with Gasteiger partial charge < -0.3 is 15.5 Å². The van der Waals surface area contributed by atoms with Gasteiger partial charge in [-0.05, 0) is 57.5 Å². The molecule has 116 valence electrons. The van der Waals surface area contributed by atoms with E-state index in [2.05, 4.69) is 34.5 Å². The summed E-state index contributed by atoms with van der Waals surface area (Å²) in [5.41, 5.74) is 1.75. The predicted octanol–water partition coefficient (Wildman–Crippen LogP) is 1.98. The normalized spacial score (nSPS) is 18.2. The number of piperidine rings is 1. The van der Waals surface area contributed by atoms with Crippen LogP contribution in [-0.2, 0) is 0 Å². The Balaban J connectivity index is 1.94. The molecule has 0 atom stereocenters. The highest BCUT2D eigenvalue weighted by atomic mass is 16.1. The Hall–Kier alpha value is -1.62. The maximum Gasteiger partial charge on any atom is 0.269 e. The summed E-state index contributed by atoms with van der Waals surface area (Å²) in [5, 5.41) is 6.24. The molecule has 0 radical (unpaired) electrons. The van der Waals surface area contributed by atoms with Gasteiger partial charge in [0.2, 0.25) is 0 Å². The summed E-state index contributed by atoms with van der Waals surface area (Å²) >= 11 is 0. The van der Waals surface area contributed by atoms with Crippen molar-refractivity contribution < 1.29 is 4.79 Å². The number of hydrogen-bond acceptors (Lipinski definition) is 4. The van der Waals surface area contributed by atoms with Gasteiger partial charge in [-0.3, -0.25) is 9.78 Å². The van der Waals surface area contributed by atoms with Crippen LogP contribution < -0.4 is 10.6 Å². The van der Waals surface area contributed by atoms with E-state index in [1.807, 2.05) is 19.1 Å². The van der Waals surface area contributed by atoms with Crippen LogP contribution in [0.2, 0.25) is 0 Å². The molecule has 2 N–H and O–H groups in total. The van der Waals surface area contributed by atoms with Gasteiger partial charge >= 0.3 is 0 Å². The van der Waals surface area contributed by atoms with E-state index in [0.29, 0.717) is 17.7 Å². The largest absolute Gasteiger partial charge is 0.384 e. The average Bonchev–Trinajstić information content (AvgIpc) is 2.49. The number of hydrogen-bond donors (Lipinski definition) is 2. The molecule has 0 bridgehead atoms. The number of nitrogens with one attached hydrogen (secondary N) is 2. The van der Waals surface area contributed by atoms with Crippen molar-refractivity contribution in [2.24, 2.45) is 5.41 Å². The first-order chi connectivity index (χ1) is 10.0.